The third kappa shape index (κ3) is 2.81. The van der Waals surface area contributed by atoms with E-state index in [1.165, 1.54) is 6.08 Å². The molecule has 2 atom stereocenters. The van der Waals surface area contributed by atoms with Crippen LogP contribution in [0.25, 0.3) is 0 Å². The maximum atomic E-state index is 11.0. The van der Waals surface area contributed by atoms with Crippen LogP contribution in [0.15, 0.2) is 48.7 Å². The van der Waals surface area contributed by atoms with Gasteiger partial charge in [-0.15, -0.1) is 5.73 Å². The summed E-state index contributed by atoms with van der Waals surface area (Å²) in [4.78, 5) is 11.0. The molecule has 1 aromatic rings. The average Bonchev–Trinajstić information content (AvgIpc) is 2.19. The van der Waals surface area contributed by atoms with Crippen molar-refractivity contribution < 1.29 is 15.0 Å². The zero-order valence-electron chi connectivity index (χ0n) is 8.13. The van der Waals surface area contributed by atoms with Gasteiger partial charge in [-0.2, -0.15) is 0 Å². The van der Waals surface area contributed by atoms with Crippen LogP contribution in [0.1, 0.15) is 11.5 Å². The van der Waals surface area contributed by atoms with E-state index in [0.717, 1.165) is 0 Å². The van der Waals surface area contributed by atoms with Gasteiger partial charge in [-0.05, 0) is 11.6 Å². The maximum Gasteiger partial charge on any atom is 0.314 e. The summed E-state index contributed by atoms with van der Waals surface area (Å²) >= 11 is 0. The lowest BCUT2D eigenvalue weighted by Crippen LogP contribution is -2.24. The smallest absolute Gasteiger partial charge is 0.314 e. The first-order valence-electron chi connectivity index (χ1n) is 4.48. The van der Waals surface area contributed by atoms with E-state index >= 15 is 0 Å². The molecule has 0 heterocycles. The van der Waals surface area contributed by atoms with Crippen LogP contribution in [0.2, 0.25) is 0 Å². The average molecular weight is 204 g/mol. The number of hydrogen-bond acceptors (Lipinski definition) is 2. The van der Waals surface area contributed by atoms with Crippen LogP contribution in [0, 0.1) is 0 Å². The fourth-order valence-corrected chi connectivity index (χ4v) is 1.36. The number of carboxylic acids is 1. The number of hydrogen-bond donors (Lipinski definition) is 2. The van der Waals surface area contributed by atoms with E-state index < -0.39 is 18.0 Å². The Hall–Kier alpha value is -1.83. The summed E-state index contributed by atoms with van der Waals surface area (Å²) in [6.07, 6.45) is 0.133. The highest BCUT2D eigenvalue weighted by Crippen LogP contribution is 2.20. The fraction of sp³-hybridized carbons (Fsp3) is 0.167. The minimum absolute atomic E-state index is 0.559. The van der Waals surface area contributed by atoms with E-state index in [0.29, 0.717) is 5.56 Å². The zero-order chi connectivity index (χ0) is 11.3. The van der Waals surface area contributed by atoms with E-state index in [-0.39, 0.29) is 0 Å². The van der Waals surface area contributed by atoms with Gasteiger partial charge in [0.05, 0.1) is 6.10 Å². The van der Waals surface area contributed by atoms with Gasteiger partial charge in [0, 0.05) is 0 Å². The van der Waals surface area contributed by atoms with Crippen molar-refractivity contribution >= 4 is 5.97 Å². The van der Waals surface area contributed by atoms with Crippen molar-refractivity contribution in [1.29, 1.82) is 0 Å². The third-order valence-electron chi connectivity index (χ3n) is 2.05. The lowest BCUT2D eigenvalue weighted by atomic mass is 9.93. The molecular weight excluding hydrogens is 192 g/mol. The van der Waals surface area contributed by atoms with Crippen LogP contribution in [0.4, 0.5) is 0 Å². The number of aliphatic carboxylic acids is 1. The van der Waals surface area contributed by atoms with E-state index in [4.69, 9.17) is 5.11 Å². The topological polar surface area (TPSA) is 57.5 Å². The van der Waals surface area contributed by atoms with Crippen LogP contribution in [-0.4, -0.2) is 22.3 Å². The van der Waals surface area contributed by atoms with Gasteiger partial charge < -0.3 is 10.2 Å². The van der Waals surface area contributed by atoms with Crippen molar-refractivity contribution in [3.05, 3.63) is 54.3 Å². The predicted molar refractivity (Wildman–Crippen MR) is 56.5 cm³/mol. The van der Waals surface area contributed by atoms with Gasteiger partial charge in [-0.25, -0.2) is 0 Å². The summed E-state index contributed by atoms with van der Waals surface area (Å²) in [7, 11) is 0. The molecule has 1 rings (SSSR count). The van der Waals surface area contributed by atoms with Crippen LogP contribution in [0.5, 0.6) is 0 Å². The molecule has 0 aliphatic heterocycles. The molecule has 2 unspecified atom stereocenters. The summed E-state index contributed by atoms with van der Waals surface area (Å²) in [5, 5.41) is 18.6. The largest absolute Gasteiger partial charge is 0.481 e. The molecule has 0 saturated carbocycles. The summed E-state index contributed by atoms with van der Waals surface area (Å²) in [6, 6.07) is 8.58. The van der Waals surface area contributed by atoms with E-state index in [1.54, 1.807) is 30.3 Å². The second kappa shape index (κ2) is 5.15. The molecule has 78 valence electrons. The first-order chi connectivity index (χ1) is 7.16. The van der Waals surface area contributed by atoms with Gasteiger partial charge in [-0.3, -0.25) is 4.79 Å². The highest BCUT2D eigenvalue weighted by molar-refractivity contribution is 5.77. The van der Waals surface area contributed by atoms with Crippen molar-refractivity contribution in [3.63, 3.8) is 0 Å². The molecule has 3 nitrogen and oxygen atoms in total. The molecule has 0 bridgehead atoms. The Morgan fingerprint density at radius 3 is 2.47 bits per heavy atom. The number of rotatable bonds is 4. The Morgan fingerprint density at radius 1 is 1.40 bits per heavy atom. The van der Waals surface area contributed by atoms with Gasteiger partial charge >= 0.3 is 5.97 Å². The Morgan fingerprint density at radius 2 is 2.00 bits per heavy atom. The molecule has 0 fully saturated rings. The molecule has 0 amide bonds. The molecule has 0 saturated heterocycles. The second-order valence-electron chi connectivity index (χ2n) is 3.09. The SMILES string of the molecule is C=C=CC(O)C(C(=O)O)c1ccccc1. The maximum absolute atomic E-state index is 11.0. The Bertz CT molecular complexity index is 377. The minimum atomic E-state index is -1.11. The fourth-order valence-electron chi connectivity index (χ4n) is 1.36. The molecular formula is C12H12O3. The monoisotopic (exact) mass is 204 g/mol. The lowest BCUT2D eigenvalue weighted by Gasteiger charge is -2.15. The number of carbonyl (C=O) groups is 1. The molecule has 3 heteroatoms. The Balaban J connectivity index is 3.03. The Kier molecular flexibility index (Phi) is 3.86. The van der Waals surface area contributed by atoms with E-state index in [1.807, 2.05) is 0 Å². The van der Waals surface area contributed by atoms with Crippen molar-refractivity contribution in [2.24, 2.45) is 0 Å². The number of aliphatic hydroxyl groups excluding tert-OH is 1. The van der Waals surface area contributed by atoms with Crippen LogP contribution < -0.4 is 0 Å². The normalized spacial score (nSPS) is 13.7. The number of benzene rings is 1. The second-order valence-corrected chi connectivity index (χ2v) is 3.09. The van der Waals surface area contributed by atoms with Gasteiger partial charge in [0.15, 0.2) is 0 Å². The molecule has 15 heavy (non-hydrogen) atoms. The molecule has 1 aromatic carbocycles. The first-order valence-corrected chi connectivity index (χ1v) is 4.48. The number of carboxylic acid groups (broad SMARTS) is 1. The third-order valence-corrected chi connectivity index (χ3v) is 2.05. The first kappa shape index (κ1) is 11.2. The standard InChI is InChI=1S/C12H12O3/c1-2-6-10(13)11(12(14)15)9-7-4-3-5-8-9/h3-8,10-11,13H,1H2,(H,14,15). The van der Waals surface area contributed by atoms with Crippen molar-refractivity contribution in [2.75, 3.05) is 0 Å². The van der Waals surface area contributed by atoms with E-state index in [2.05, 4.69) is 12.3 Å². The van der Waals surface area contributed by atoms with Crippen molar-refractivity contribution in [3.8, 4) is 0 Å². The zero-order valence-corrected chi connectivity index (χ0v) is 8.13. The van der Waals surface area contributed by atoms with Gasteiger partial charge in [0.1, 0.15) is 5.92 Å². The summed E-state index contributed by atoms with van der Waals surface area (Å²) in [5.41, 5.74) is 2.94. The summed E-state index contributed by atoms with van der Waals surface area (Å²) in [6.45, 7) is 3.30. The molecule has 0 radical (unpaired) electrons. The van der Waals surface area contributed by atoms with Gasteiger partial charge in [0.25, 0.3) is 0 Å². The minimum Gasteiger partial charge on any atom is -0.481 e. The number of aliphatic hydroxyl groups is 1. The van der Waals surface area contributed by atoms with Crippen molar-refractivity contribution in [1.82, 2.24) is 0 Å². The Labute approximate surface area is 88.0 Å². The van der Waals surface area contributed by atoms with Crippen LogP contribution >= 0.6 is 0 Å². The van der Waals surface area contributed by atoms with Gasteiger partial charge in [-0.1, -0.05) is 36.9 Å². The molecule has 0 aliphatic carbocycles. The van der Waals surface area contributed by atoms with Crippen molar-refractivity contribution in [2.45, 2.75) is 12.0 Å². The predicted octanol–water partition coefficient (Wildman–Crippen LogP) is 1.56. The van der Waals surface area contributed by atoms with E-state index in [9.17, 15) is 9.90 Å². The highest BCUT2D eigenvalue weighted by atomic mass is 16.4. The molecule has 0 aromatic heterocycles. The van der Waals surface area contributed by atoms with Crippen LogP contribution in [0.3, 0.4) is 0 Å². The van der Waals surface area contributed by atoms with Gasteiger partial charge in [0.2, 0.25) is 0 Å². The molecule has 0 aliphatic rings. The molecule has 2 N–H and O–H groups in total. The quantitative estimate of drug-likeness (QED) is 0.732. The lowest BCUT2D eigenvalue weighted by molar-refractivity contribution is -0.140. The molecule has 0 spiro atoms. The highest BCUT2D eigenvalue weighted by Gasteiger charge is 2.26. The summed E-state index contributed by atoms with van der Waals surface area (Å²) in [5.74, 6) is -2.04. The summed E-state index contributed by atoms with van der Waals surface area (Å²) < 4.78 is 0. The van der Waals surface area contributed by atoms with Crippen LogP contribution in [-0.2, 0) is 4.79 Å².